The van der Waals surface area contributed by atoms with Crippen LogP contribution in [0.1, 0.15) is 226 Å². The maximum atomic E-state index is 13.0. The summed E-state index contributed by atoms with van der Waals surface area (Å²) in [6.07, 6.45) is 44.3. The molecule has 44 heavy (non-hydrogen) atoms. The van der Waals surface area contributed by atoms with E-state index in [0.29, 0.717) is 6.42 Å². The zero-order valence-corrected chi connectivity index (χ0v) is 30.1. The van der Waals surface area contributed by atoms with Gasteiger partial charge in [-0.1, -0.05) is 213 Å². The van der Waals surface area contributed by atoms with E-state index in [4.69, 9.17) is 4.74 Å². The van der Waals surface area contributed by atoms with E-state index < -0.39 is 5.97 Å². The lowest BCUT2D eigenvalue weighted by Crippen LogP contribution is -2.22. The Bertz CT molecular complexity index is 613. The standard InChI is InChI=1S/C41H78O3/c1-4-7-9-11-13-15-17-19-21-23-24-26-28-30-32-34-36-39(38-44-41(43)6-3)40(42)37-35-33-31-29-27-25-22-20-18-16-14-12-10-8-5-2/h6,39H,3-5,7-38H2,1-2H3. The van der Waals surface area contributed by atoms with E-state index in [0.717, 1.165) is 25.7 Å². The van der Waals surface area contributed by atoms with Gasteiger partial charge in [-0.25, -0.2) is 4.79 Å². The fourth-order valence-electron chi connectivity index (χ4n) is 6.39. The summed E-state index contributed by atoms with van der Waals surface area (Å²) in [5, 5.41) is 0. The van der Waals surface area contributed by atoms with Crippen molar-refractivity contribution in [2.24, 2.45) is 5.92 Å². The van der Waals surface area contributed by atoms with Crippen molar-refractivity contribution in [2.45, 2.75) is 226 Å². The number of Topliss-reactive ketones (excluding diaryl/α,β-unsaturated/α-hetero) is 1. The van der Waals surface area contributed by atoms with Crippen molar-refractivity contribution in [1.29, 1.82) is 0 Å². The third-order valence-corrected chi connectivity index (χ3v) is 9.48. The van der Waals surface area contributed by atoms with E-state index in [-0.39, 0.29) is 18.3 Å². The Morgan fingerprint density at radius 1 is 0.477 bits per heavy atom. The van der Waals surface area contributed by atoms with Gasteiger partial charge in [0, 0.05) is 12.5 Å². The fraction of sp³-hybridized carbons (Fsp3) is 0.902. The molecule has 0 radical (unpaired) electrons. The molecule has 0 aromatic heterocycles. The predicted octanol–water partition coefficient (Wildman–Crippen LogP) is 13.8. The van der Waals surface area contributed by atoms with Gasteiger partial charge in [-0.15, -0.1) is 0 Å². The summed E-state index contributed by atoms with van der Waals surface area (Å²) < 4.78 is 5.30. The summed E-state index contributed by atoms with van der Waals surface area (Å²) in [5.41, 5.74) is 0. The van der Waals surface area contributed by atoms with Crippen LogP contribution in [0.2, 0.25) is 0 Å². The molecule has 0 N–H and O–H groups in total. The van der Waals surface area contributed by atoms with Crippen molar-refractivity contribution in [3.8, 4) is 0 Å². The second-order valence-electron chi connectivity index (χ2n) is 13.8. The topological polar surface area (TPSA) is 43.4 Å². The molecular formula is C41H78O3. The third kappa shape index (κ3) is 32.3. The predicted molar refractivity (Wildman–Crippen MR) is 193 cm³/mol. The Labute approximate surface area is 276 Å². The van der Waals surface area contributed by atoms with Crippen LogP contribution >= 0.6 is 0 Å². The molecular weight excluding hydrogens is 540 g/mol. The first-order chi connectivity index (χ1) is 21.7. The van der Waals surface area contributed by atoms with E-state index in [2.05, 4.69) is 20.4 Å². The van der Waals surface area contributed by atoms with Crippen LogP contribution in [0, 0.1) is 5.92 Å². The van der Waals surface area contributed by atoms with Crippen molar-refractivity contribution >= 4 is 11.8 Å². The zero-order valence-electron chi connectivity index (χ0n) is 30.1. The van der Waals surface area contributed by atoms with Crippen LogP contribution in [0.5, 0.6) is 0 Å². The average Bonchev–Trinajstić information content (AvgIpc) is 3.03. The first kappa shape index (κ1) is 42.9. The Balaban J connectivity index is 3.78. The number of hydrogen-bond acceptors (Lipinski definition) is 3. The molecule has 0 aromatic rings. The van der Waals surface area contributed by atoms with Crippen LogP contribution in [0.15, 0.2) is 12.7 Å². The molecule has 0 aliphatic heterocycles. The molecule has 0 saturated heterocycles. The van der Waals surface area contributed by atoms with Crippen molar-refractivity contribution in [1.82, 2.24) is 0 Å². The largest absolute Gasteiger partial charge is 0.462 e. The van der Waals surface area contributed by atoms with Gasteiger partial charge in [0.2, 0.25) is 0 Å². The fourth-order valence-corrected chi connectivity index (χ4v) is 6.39. The van der Waals surface area contributed by atoms with Crippen LogP contribution in [-0.2, 0) is 14.3 Å². The summed E-state index contributed by atoms with van der Waals surface area (Å²) in [4.78, 5) is 24.6. The molecule has 260 valence electrons. The van der Waals surface area contributed by atoms with Gasteiger partial charge >= 0.3 is 5.97 Å². The Kier molecular flexibility index (Phi) is 35.4. The van der Waals surface area contributed by atoms with E-state index >= 15 is 0 Å². The van der Waals surface area contributed by atoms with Crippen molar-refractivity contribution in [3.63, 3.8) is 0 Å². The summed E-state index contributed by atoms with van der Waals surface area (Å²) in [6, 6.07) is 0. The number of unbranched alkanes of at least 4 members (excludes halogenated alkanes) is 29. The zero-order chi connectivity index (χ0) is 32.2. The summed E-state index contributed by atoms with van der Waals surface area (Å²) in [7, 11) is 0. The average molecular weight is 619 g/mol. The number of carbonyl (C=O) groups is 2. The third-order valence-electron chi connectivity index (χ3n) is 9.48. The van der Waals surface area contributed by atoms with E-state index in [1.807, 2.05) is 0 Å². The monoisotopic (exact) mass is 619 g/mol. The summed E-state index contributed by atoms with van der Waals surface area (Å²) in [6.45, 7) is 8.28. The van der Waals surface area contributed by atoms with Crippen molar-refractivity contribution < 1.29 is 14.3 Å². The Morgan fingerprint density at radius 3 is 1.09 bits per heavy atom. The van der Waals surface area contributed by atoms with Gasteiger partial charge < -0.3 is 4.74 Å². The SMILES string of the molecule is C=CC(=O)OCC(CCCCCCCCCCCCCCCCCC)C(=O)CCCCCCCCCCCCCCCCC. The molecule has 0 spiro atoms. The summed E-state index contributed by atoms with van der Waals surface area (Å²) in [5.74, 6) is -0.267. The quantitative estimate of drug-likeness (QED) is 0.0395. The molecule has 3 nitrogen and oxygen atoms in total. The van der Waals surface area contributed by atoms with Crippen LogP contribution in [0.4, 0.5) is 0 Å². The highest BCUT2D eigenvalue weighted by atomic mass is 16.5. The minimum Gasteiger partial charge on any atom is -0.462 e. The highest BCUT2D eigenvalue weighted by Gasteiger charge is 2.19. The van der Waals surface area contributed by atoms with Crippen LogP contribution in [0.25, 0.3) is 0 Å². The molecule has 0 rings (SSSR count). The van der Waals surface area contributed by atoms with Crippen molar-refractivity contribution in [2.75, 3.05) is 6.61 Å². The normalized spacial score (nSPS) is 12.0. The molecule has 0 aliphatic rings. The van der Waals surface area contributed by atoms with E-state index in [1.165, 1.54) is 186 Å². The number of esters is 1. The molecule has 0 bridgehead atoms. The van der Waals surface area contributed by atoms with Crippen LogP contribution < -0.4 is 0 Å². The number of carbonyl (C=O) groups excluding carboxylic acids is 2. The molecule has 0 amide bonds. The van der Waals surface area contributed by atoms with Gasteiger partial charge in [-0.2, -0.15) is 0 Å². The maximum absolute atomic E-state index is 13.0. The lowest BCUT2D eigenvalue weighted by Gasteiger charge is -2.16. The lowest BCUT2D eigenvalue weighted by atomic mass is 9.93. The van der Waals surface area contributed by atoms with Gasteiger partial charge in [-0.3, -0.25) is 4.79 Å². The highest BCUT2D eigenvalue weighted by molar-refractivity contribution is 5.83. The van der Waals surface area contributed by atoms with E-state index in [9.17, 15) is 9.59 Å². The number of ether oxygens (including phenoxy) is 1. The Hall–Kier alpha value is -1.12. The molecule has 1 unspecified atom stereocenters. The van der Waals surface area contributed by atoms with Crippen LogP contribution in [-0.4, -0.2) is 18.4 Å². The molecule has 0 aliphatic carbocycles. The molecule has 0 fully saturated rings. The molecule has 0 saturated carbocycles. The van der Waals surface area contributed by atoms with Crippen LogP contribution in [0.3, 0.4) is 0 Å². The minimum atomic E-state index is -0.415. The maximum Gasteiger partial charge on any atom is 0.330 e. The number of hydrogen-bond donors (Lipinski definition) is 0. The number of rotatable bonds is 37. The smallest absolute Gasteiger partial charge is 0.330 e. The Morgan fingerprint density at radius 2 is 0.773 bits per heavy atom. The first-order valence-corrected chi connectivity index (χ1v) is 20.0. The van der Waals surface area contributed by atoms with E-state index in [1.54, 1.807) is 0 Å². The molecule has 0 heterocycles. The van der Waals surface area contributed by atoms with Crippen molar-refractivity contribution in [3.05, 3.63) is 12.7 Å². The molecule has 3 heteroatoms. The molecule has 1 atom stereocenters. The number of ketones is 1. The minimum absolute atomic E-state index is 0.141. The van der Waals surface area contributed by atoms with Gasteiger partial charge in [-0.05, 0) is 12.8 Å². The van der Waals surface area contributed by atoms with Gasteiger partial charge in [0.15, 0.2) is 0 Å². The van der Waals surface area contributed by atoms with Gasteiger partial charge in [0.1, 0.15) is 12.4 Å². The van der Waals surface area contributed by atoms with Gasteiger partial charge in [0.25, 0.3) is 0 Å². The lowest BCUT2D eigenvalue weighted by molar-refractivity contribution is -0.141. The molecule has 0 aromatic carbocycles. The van der Waals surface area contributed by atoms with Gasteiger partial charge in [0.05, 0.1) is 5.92 Å². The first-order valence-electron chi connectivity index (χ1n) is 20.0. The second-order valence-corrected chi connectivity index (χ2v) is 13.8. The highest BCUT2D eigenvalue weighted by Crippen LogP contribution is 2.19. The summed E-state index contributed by atoms with van der Waals surface area (Å²) >= 11 is 0. The second kappa shape index (κ2) is 36.3.